The van der Waals surface area contributed by atoms with E-state index in [-0.39, 0.29) is 0 Å². The van der Waals surface area contributed by atoms with Crippen molar-refractivity contribution in [2.24, 2.45) is 5.92 Å². The van der Waals surface area contributed by atoms with Gasteiger partial charge in [0.05, 0.1) is 6.20 Å². The second-order valence-electron chi connectivity index (χ2n) is 4.02. The fourth-order valence-corrected chi connectivity index (χ4v) is 1.43. The molecule has 0 saturated carbocycles. The molecule has 3 heteroatoms. The Morgan fingerprint density at radius 1 is 1.57 bits per heavy atom. The lowest BCUT2D eigenvalue weighted by Crippen LogP contribution is -2.05. The predicted molar refractivity (Wildman–Crippen MR) is 56.1 cm³/mol. The largest absolute Gasteiger partial charge is 0.299 e. The summed E-state index contributed by atoms with van der Waals surface area (Å²) in [7, 11) is 0. The number of nitrogens with zero attached hydrogens (tertiary/aromatic N) is 2. The average molecular weight is 194 g/mol. The Hall–Kier alpha value is -1.12. The van der Waals surface area contributed by atoms with E-state index in [0.29, 0.717) is 24.5 Å². The molecule has 0 aromatic carbocycles. The van der Waals surface area contributed by atoms with Crippen molar-refractivity contribution in [3.8, 4) is 0 Å². The highest BCUT2D eigenvalue weighted by molar-refractivity contribution is 5.80. The number of aryl methyl sites for hydroxylation is 1. The standard InChI is InChI=1S/C11H18N2O/c1-4-13-8-10(7-12-13)6-11(14)5-9(2)3/h7-9H,4-6H2,1-3H3. The fourth-order valence-electron chi connectivity index (χ4n) is 1.43. The minimum absolute atomic E-state index is 0.302. The van der Waals surface area contributed by atoms with Gasteiger partial charge in [0.2, 0.25) is 0 Å². The van der Waals surface area contributed by atoms with Crippen LogP contribution in [-0.4, -0.2) is 15.6 Å². The predicted octanol–water partition coefficient (Wildman–Crippen LogP) is 2.06. The van der Waals surface area contributed by atoms with Gasteiger partial charge < -0.3 is 0 Å². The van der Waals surface area contributed by atoms with E-state index in [0.717, 1.165) is 12.1 Å². The van der Waals surface area contributed by atoms with Gasteiger partial charge in [0, 0.05) is 25.6 Å². The van der Waals surface area contributed by atoms with E-state index in [1.807, 2.05) is 17.8 Å². The number of ketones is 1. The van der Waals surface area contributed by atoms with Crippen LogP contribution in [0, 0.1) is 5.92 Å². The molecule has 0 radical (unpaired) electrons. The van der Waals surface area contributed by atoms with Gasteiger partial charge in [-0.2, -0.15) is 5.10 Å². The van der Waals surface area contributed by atoms with Crippen LogP contribution in [-0.2, 0) is 17.8 Å². The lowest BCUT2D eigenvalue weighted by Gasteiger charge is -2.01. The normalized spacial score (nSPS) is 10.9. The fraction of sp³-hybridized carbons (Fsp3) is 0.636. The van der Waals surface area contributed by atoms with E-state index in [9.17, 15) is 4.79 Å². The van der Waals surface area contributed by atoms with Crippen molar-refractivity contribution in [2.45, 2.75) is 40.2 Å². The van der Waals surface area contributed by atoms with E-state index < -0.39 is 0 Å². The minimum Gasteiger partial charge on any atom is -0.299 e. The highest BCUT2D eigenvalue weighted by atomic mass is 16.1. The Morgan fingerprint density at radius 3 is 2.79 bits per heavy atom. The minimum atomic E-state index is 0.302. The maximum Gasteiger partial charge on any atom is 0.137 e. The summed E-state index contributed by atoms with van der Waals surface area (Å²) < 4.78 is 1.85. The zero-order valence-electron chi connectivity index (χ0n) is 9.16. The monoisotopic (exact) mass is 194 g/mol. The zero-order chi connectivity index (χ0) is 10.6. The first-order chi connectivity index (χ1) is 6.61. The third-order valence-electron chi connectivity index (χ3n) is 2.05. The highest BCUT2D eigenvalue weighted by Gasteiger charge is 2.07. The molecule has 0 bridgehead atoms. The van der Waals surface area contributed by atoms with Crippen LogP contribution in [0.2, 0.25) is 0 Å². The molecule has 14 heavy (non-hydrogen) atoms. The molecule has 0 unspecified atom stereocenters. The molecular formula is C11H18N2O. The van der Waals surface area contributed by atoms with E-state index in [1.54, 1.807) is 6.20 Å². The van der Waals surface area contributed by atoms with E-state index in [1.165, 1.54) is 0 Å². The highest BCUT2D eigenvalue weighted by Crippen LogP contribution is 2.06. The van der Waals surface area contributed by atoms with Gasteiger partial charge in [-0.05, 0) is 18.4 Å². The van der Waals surface area contributed by atoms with Gasteiger partial charge >= 0.3 is 0 Å². The van der Waals surface area contributed by atoms with E-state index in [2.05, 4.69) is 18.9 Å². The molecule has 0 aliphatic heterocycles. The third kappa shape index (κ3) is 3.32. The summed E-state index contributed by atoms with van der Waals surface area (Å²) in [6.45, 7) is 7.02. The SMILES string of the molecule is CCn1cc(CC(=O)CC(C)C)cn1. The zero-order valence-corrected chi connectivity index (χ0v) is 9.16. The Labute approximate surface area is 85.1 Å². The van der Waals surface area contributed by atoms with Crippen molar-refractivity contribution >= 4 is 5.78 Å². The molecule has 78 valence electrons. The molecule has 0 aliphatic carbocycles. The Morgan fingerprint density at radius 2 is 2.29 bits per heavy atom. The van der Waals surface area contributed by atoms with Crippen LogP contribution in [0.4, 0.5) is 0 Å². The molecule has 0 saturated heterocycles. The smallest absolute Gasteiger partial charge is 0.137 e. The van der Waals surface area contributed by atoms with Crippen LogP contribution in [0.1, 0.15) is 32.8 Å². The molecule has 0 aliphatic rings. The number of rotatable bonds is 5. The number of carbonyl (C=O) groups excluding carboxylic acids is 1. The molecule has 0 N–H and O–H groups in total. The number of aromatic nitrogens is 2. The van der Waals surface area contributed by atoms with Crippen molar-refractivity contribution < 1.29 is 4.79 Å². The topological polar surface area (TPSA) is 34.9 Å². The average Bonchev–Trinajstić information content (AvgIpc) is 2.50. The number of Topliss-reactive ketones (excluding diaryl/α,β-unsaturated/α-hetero) is 1. The molecule has 0 fully saturated rings. The second-order valence-corrected chi connectivity index (χ2v) is 4.02. The van der Waals surface area contributed by atoms with Crippen LogP contribution in [0.15, 0.2) is 12.4 Å². The Bertz CT molecular complexity index is 302. The molecule has 0 atom stereocenters. The maximum atomic E-state index is 11.5. The summed E-state index contributed by atoms with van der Waals surface area (Å²) in [6.07, 6.45) is 4.91. The second kappa shape index (κ2) is 4.94. The molecule has 1 aromatic rings. The Kier molecular flexibility index (Phi) is 3.86. The molecule has 1 aromatic heterocycles. The van der Waals surface area contributed by atoms with E-state index >= 15 is 0 Å². The quantitative estimate of drug-likeness (QED) is 0.719. The summed E-state index contributed by atoms with van der Waals surface area (Å²) in [4.78, 5) is 11.5. The van der Waals surface area contributed by atoms with Gasteiger partial charge in [-0.3, -0.25) is 9.48 Å². The number of carbonyl (C=O) groups is 1. The van der Waals surface area contributed by atoms with Crippen LogP contribution in [0.5, 0.6) is 0 Å². The van der Waals surface area contributed by atoms with Crippen molar-refractivity contribution in [3.05, 3.63) is 18.0 Å². The van der Waals surface area contributed by atoms with Crippen LogP contribution in [0.25, 0.3) is 0 Å². The number of hydrogen-bond donors (Lipinski definition) is 0. The number of hydrogen-bond acceptors (Lipinski definition) is 2. The summed E-state index contributed by atoms with van der Waals surface area (Å²) in [5, 5.41) is 4.13. The van der Waals surface area contributed by atoms with Crippen LogP contribution < -0.4 is 0 Å². The lowest BCUT2D eigenvalue weighted by atomic mass is 10.0. The summed E-state index contributed by atoms with van der Waals surface area (Å²) in [5.41, 5.74) is 1.03. The first kappa shape index (κ1) is 11.0. The molecule has 1 rings (SSSR count). The third-order valence-corrected chi connectivity index (χ3v) is 2.05. The van der Waals surface area contributed by atoms with Crippen molar-refractivity contribution in [2.75, 3.05) is 0 Å². The molecular weight excluding hydrogens is 176 g/mol. The van der Waals surface area contributed by atoms with Gasteiger partial charge in [-0.15, -0.1) is 0 Å². The maximum absolute atomic E-state index is 11.5. The summed E-state index contributed by atoms with van der Waals surface area (Å²) in [5.74, 6) is 0.749. The van der Waals surface area contributed by atoms with Gasteiger partial charge in [-0.25, -0.2) is 0 Å². The van der Waals surface area contributed by atoms with Crippen LogP contribution in [0.3, 0.4) is 0 Å². The first-order valence-corrected chi connectivity index (χ1v) is 5.14. The molecule has 3 nitrogen and oxygen atoms in total. The van der Waals surface area contributed by atoms with Gasteiger partial charge in [-0.1, -0.05) is 13.8 Å². The van der Waals surface area contributed by atoms with Crippen molar-refractivity contribution in [1.82, 2.24) is 9.78 Å². The molecule has 1 heterocycles. The summed E-state index contributed by atoms with van der Waals surface area (Å²) >= 11 is 0. The summed E-state index contributed by atoms with van der Waals surface area (Å²) in [6, 6.07) is 0. The molecule has 0 amide bonds. The van der Waals surface area contributed by atoms with Gasteiger partial charge in [0.25, 0.3) is 0 Å². The van der Waals surface area contributed by atoms with Gasteiger partial charge in [0.1, 0.15) is 5.78 Å². The van der Waals surface area contributed by atoms with Crippen LogP contribution >= 0.6 is 0 Å². The van der Waals surface area contributed by atoms with Gasteiger partial charge in [0.15, 0.2) is 0 Å². The first-order valence-electron chi connectivity index (χ1n) is 5.14. The lowest BCUT2D eigenvalue weighted by molar-refractivity contribution is -0.119. The van der Waals surface area contributed by atoms with Crippen molar-refractivity contribution in [1.29, 1.82) is 0 Å². The van der Waals surface area contributed by atoms with Crippen molar-refractivity contribution in [3.63, 3.8) is 0 Å². The molecule has 0 spiro atoms. The Balaban J connectivity index is 2.47. The van der Waals surface area contributed by atoms with E-state index in [4.69, 9.17) is 0 Å².